The van der Waals surface area contributed by atoms with Gasteiger partial charge in [-0.3, -0.25) is 4.68 Å². The zero-order valence-corrected chi connectivity index (χ0v) is 18.2. The van der Waals surface area contributed by atoms with Gasteiger partial charge in [-0.05, 0) is 31.5 Å². The Morgan fingerprint density at radius 3 is 2.63 bits per heavy atom. The van der Waals surface area contributed by atoms with Gasteiger partial charge in [0.25, 0.3) is 5.95 Å². The standard InChI is InChI=1S/C20H19BrN6O3/c1-4-30-19(28)14-9-22-26(11-14)20-24-16-10-23-27(17(16)18(25-20)29-3)12(2)13-5-7-15(21)8-6-13/h5-12H,4H2,1-3H3/t12-/m0/s1. The maximum atomic E-state index is 11.9. The third-order valence-electron chi connectivity index (χ3n) is 4.61. The van der Waals surface area contributed by atoms with E-state index in [0.717, 1.165) is 10.0 Å². The Bertz CT molecular complexity index is 1200. The summed E-state index contributed by atoms with van der Waals surface area (Å²) in [5.41, 5.74) is 2.68. The molecule has 0 bridgehead atoms. The highest BCUT2D eigenvalue weighted by atomic mass is 79.9. The average Bonchev–Trinajstić information content (AvgIpc) is 3.41. The van der Waals surface area contributed by atoms with E-state index >= 15 is 0 Å². The number of aromatic nitrogens is 6. The second-order valence-electron chi connectivity index (χ2n) is 6.48. The van der Waals surface area contributed by atoms with Crippen LogP contribution in [-0.4, -0.2) is 49.2 Å². The normalized spacial score (nSPS) is 12.1. The number of methoxy groups -OCH3 is 1. The summed E-state index contributed by atoms with van der Waals surface area (Å²) in [6.45, 7) is 4.08. The van der Waals surface area contributed by atoms with Crippen molar-refractivity contribution >= 4 is 32.9 Å². The lowest BCUT2D eigenvalue weighted by Crippen LogP contribution is -2.10. The van der Waals surface area contributed by atoms with Crippen molar-refractivity contribution in [3.8, 4) is 11.8 Å². The maximum Gasteiger partial charge on any atom is 0.341 e. The summed E-state index contributed by atoms with van der Waals surface area (Å²) in [7, 11) is 1.54. The van der Waals surface area contributed by atoms with Crippen molar-refractivity contribution in [3.05, 3.63) is 58.5 Å². The van der Waals surface area contributed by atoms with Crippen LogP contribution in [0.15, 0.2) is 47.3 Å². The van der Waals surface area contributed by atoms with E-state index in [1.807, 2.05) is 35.9 Å². The van der Waals surface area contributed by atoms with E-state index < -0.39 is 5.97 Å². The highest BCUT2D eigenvalue weighted by molar-refractivity contribution is 9.10. The van der Waals surface area contributed by atoms with E-state index in [2.05, 4.69) is 36.1 Å². The lowest BCUT2D eigenvalue weighted by molar-refractivity contribution is 0.0526. The molecular weight excluding hydrogens is 452 g/mol. The molecule has 0 aliphatic rings. The fourth-order valence-electron chi connectivity index (χ4n) is 3.09. The van der Waals surface area contributed by atoms with E-state index in [9.17, 15) is 4.79 Å². The third-order valence-corrected chi connectivity index (χ3v) is 5.14. The minimum atomic E-state index is -0.451. The molecule has 0 aliphatic heterocycles. The average molecular weight is 471 g/mol. The molecule has 1 atom stereocenters. The molecule has 30 heavy (non-hydrogen) atoms. The first-order valence-corrected chi connectivity index (χ1v) is 10.1. The van der Waals surface area contributed by atoms with E-state index in [4.69, 9.17) is 9.47 Å². The van der Waals surface area contributed by atoms with Crippen LogP contribution < -0.4 is 4.74 Å². The van der Waals surface area contributed by atoms with Gasteiger partial charge in [-0.15, -0.1) is 0 Å². The number of nitrogens with zero attached hydrogens (tertiary/aromatic N) is 6. The minimum absolute atomic E-state index is 0.0564. The molecule has 4 rings (SSSR count). The number of carbonyl (C=O) groups is 1. The number of hydrogen-bond acceptors (Lipinski definition) is 7. The Morgan fingerprint density at radius 2 is 1.93 bits per heavy atom. The number of benzene rings is 1. The Hall–Kier alpha value is -3.27. The van der Waals surface area contributed by atoms with Crippen LogP contribution in [0.4, 0.5) is 0 Å². The molecular formula is C20H19BrN6O3. The van der Waals surface area contributed by atoms with Gasteiger partial charge in [0, 0.05) is 10.7 Å². The van der Waals surface area contributed by atoms with Crippen molar-refractivity contribution in [2.75, 3.05) is 13.7 Å². The molecule has 0 unspecified atom stereocenters. The number of hydrogen-bond donors (Lipinski definition) is 0. The predicted octanol–water partition coefficient (Wildman–Crippen LogP) is 3.57. The summed E-state index contributed by atoms with van der Waals surface area (Å²) in [6.07, 6.45) is 4.60. The summed E-state index contributed by atoms with van der Waals surface area (Å²) in [4.78, 5) is 20.9. The second kappa shape index (κ2) is 8.23. The lowest BCUT2D eigenvalue weighted by Gasteiger charge is -2.15. The molecule has 0 fully saturated rings. The summed E-state index contributed by atoms with van der Waals surface area (Å²) < 4.78 is 14.8. The van der Waals surface area contributed by atoms with Crippen molar-refractivity contribution in [1.29, 1.82) is 0 Å². The zero-order chi connectivity index (χ0) is 21.3. The number of fused-ring (bicyclic) bond motifs is 1. The maximum absolute atomic E-state index is 11.9. The van der Waals surface area contributed by atoms with Crippen LogP contribution in [0, 0.1) is 0 Å². The van der Waals surface area contributed by atoms with E-state index in [-0.39, 0.29) is 18.6 Å². The number of esters is 1. The van der Waals surface area contributed by atoms with Crippen LogP contribution >= 0.6 is 15.9 Å². The molecule has 4 aromatic rings. The Kier molecular flexibility index (Phi) is 5.49. The van der Waals surface area contributed by atoms with Crippen molar-refractivity contribution in [3.63, 3.8) is 0 Å². The summed E-state index contributed by atoms with van der Waals surface area (Å²) in [5.74, 6) is 0.184. The van der Waals surface area contributed by atoms with Crippen molar-refractivity contribution in [2.45, 2.75) is 19.9 Å². The molecule has 1 aromatic carbocycles. The molecule has 0 amide bonds. The first-order chi connectivity index (χ1) is 14.5. The van der Waals surface area contributed by atoms with Crippen LogP contribution in [0.5, 0.6) is 5.88 Å². The van der Waals surface area contributed by atoms with Crippen LogP contribution in [0.1, 0.15) is 35.8 Å². The Labute approximate surface area is 180 Å². The van der Waals surface area contributed by atoms with Gasteiger partial charge in [-0.1, -0.05) is 28.1 Å². The van der Waals surface area contributed by atoms with Gasteiger partial charge in [-0.25, -0.2) is 14.5 Å². The summed E-state index contributed by atoms with van der Waals surface area (Å²) >= 11 is 3.46. The first kappa shape index (κ1) is 20.0. The summed E-state index contributed by atoms with van der Waals surface area (Å²) in [6, 6.07) is 7.98. The molecule has 0 saturated carbocycles. The van der Waals surface area contributed by atoms with Crippen molar-refractivity contribution < 1.29 is 14.3 Å². The number of halogens is 1. The molecule has 0 aliphatic carbocycles. The predicted molar refractivity (Wildman–Crippen MR) is 113 cm³/mol. The second-order valence-corrected chi connectivity index (χ2v) is 7.39. The van der Waals surface area contributed by atoms with Crippen LogP contribution in [-0.2, 0) is 4.74 Å². The molecule has 9 nitrogen and oxygen atoms in total. The minimum Gasteiger partial charge on any atom is -0.479 e. The Balaban J connectivity index is 1.74. The molecule has 154 valence electrons. The van der Waals surface area contributed by atoms with E-state index in [1.165, 1.54) is 17.1 Å². The smallest absolute Gasteiger partial charge is 0.341 e. The largest absolute Gasteiger partial charge is 0.479 e. The third kappa shape index (κ3) is 3.65. The molecule has 10 heteroatoms. The number of rotatable bonds is 6. The van der Waals surface area contributed by atoms with E-state index in [0.29, 0.717) is 22.5 Å². The fraction of sp³-hybridized carbons (Fsp3) is 0.250. The number of ether oxygens (including phenoxy) is 2. The van der Waals surface area contributed by atoms with Crippen LogP contribution in [0.3, 0.4) is 0 Å². The van der Waals surface area contributed by atoms with Crippen LogP contribution in [0.2, 0.25) is 0 Å². The lowest BCUT2D eigenvalue weighted by atomic mass is 10.1. The molecule has 0 saturated heterocycles. The van der Waals surface area contributed by atoms with Gasteiger partial charge >= 0.3 is 5.97 Å². The topological polar surface area (TPSA) is 97.0 Å². The van der Waals surface area contributed by atoms with Crippen molar-refractivity contribution in [1.82, 2.24) is 29.5 Å². The highest BCUT2D eigenvalue weighted by Crippen LogP contribution is 2.29. The van der Waals surface area contributed by atoms with Gasteiger partial charge in [-0.2, -0.15) is 15.2 Å². The number of carbonyl (C=O) groups excluding carboxylic acids is 1. The molecule has 3 heterocycles. The molecule has 0 N–H and O–H groups in total. The molecule has 0 spiro atoms. The van der Waals surface area contributed by atoms with E-state index in [1.54, 1.807) is 20.2 Å². The fourth-order valence-corrected chi connectivity index (χ4v) is 3.36. The first-order valence-electron chi connectivity index (χ1n) is 9.28. The molecule has 0 radical (unpaired) electrons. The molecule has 3 aromatic heterocycles. The van der Waals surface area contributed by atoms with Gasteiger partial charge in [0.1, 0.15) is 11.0 Å². The van der Waals surface area contributed by atoms with Gasteiger partial charge in [0.15, 0.2) is 0 Å². The van der Waals surface area contributed by atoms with Crippen LogP contribution in [0.25, 0.3) is 17.0 Å². The quantitative estimate of drug-likeness (QED) is 0.397. The van der Waals surface area contributed by atoms with Gasteiger partial charge in [0.05, 0.1) is 37.7 Å². The highest BCUT2D eigenvalue weighted by Gasteiger charge is 2.20. The zero-order valence-electron chi connectivity index (χ0n) is 16.6. The van der Waals surface area contributed by atoms with Gasteiger partial charge < -0.3 is 9.47 Å². The monoisotopic (exact) mass is 470 g/mol. The van der Waals surface area contributed by atoms with Crippen molar-refractivity contribution in [2.24, 2.45) is 0 Å². The SMILES string of the molecule is CCOC(=O)c1cnn(-c2nc(OC)c3c(cnn3[C@@H](C)c3ccc(Br)cc3)n2)c1. The summed E-state index contributed by atoms with van der Waals surface area (Å²) in [5, 5.41) is 8.69. The Morgan fingerprint density at radius 1 is 1.17 bits per heavy atom. The van der Waals surface area contributed by atoms with Gasteiger partial charge in [0.2, 0.25) is 5.88 Å².